The Morgan fingerprint density at radius 3 is 2.80 bits per heavy atom. The summed E-state index contributed by atoms with van der Waals surface area (Å²) in [5, 5.41) is 7.75. The zero-order valence-electron chi connectivity index (χ0n) is 10.9. The van der Waals surface area contributed by atoms with Crippen LogP contribution in [0.5, 0.6) is 0 Å². The topological polar surface area (TPSA) is 106 Å². The van der Waals surface area contributed by atoms with Crippen molar-refractivity contribution in [1.82, 2.24) is 20.6 Å². The third-order valence-electron chi connectivity index (χ3n) is 3.35. The molecule has 0 aliphatic heterocycles. The van der Waals surface area contributed by atoms with E-state index >= 15 is 0 Å². The molecule has 6 nitrogen and oxygen atoms in total. The average Bonchev–Trinajstić information content (AvgIpc) is 2.91. The largest absolute Gasteiger partial charge is 0.384 e. The molecule has 0 aliphatic carbocycles. The van der Waals surface area contributed by atoms with Gasteiger partial charge in [0.1, 0.15) is 5.82 Å². The van der Waals surface area contributed by atoms with Crippen molar-refractivity contribution in [3.05, 3.63) is 53.9 Å². The first-order chi connectivity index (χ1) is 9.78. The van der Waals surface area contributed by atoms with Gasteiger partial charge in [0, 0.05) is 23.1 Å². The number of aromatic nitrogens is 3. The fraction of sp³-hybridized carbons (Fsp3) is 0.143. The average molecular weight is 268 g/mol. The van der Waals surface area contributed by atoms with E-state index in [4.69, 9.17) is 11.6 Å². The van der Waals surface area contributed by atoms with Crippen molar-refractivity contribution in [2.24, 2.45) is 5.84 Å². The number of nitrogen functional groups attached to an aromatic ring is 1. The van der Waals surface area contributed by atoms with Gasteiger partial charge in [0.2, 0.25) is 0 Å². The summed E-state index contributed by atoms with van der Waals surface area (Å²) in [6.45, 7) is 0. The first-order valence-corrected chi connectivity index (χ1v) is 6.37. The molecule has 0 aliphatic rings. The molecule has 2 aromatic heterocycles. The fourth-order valence-corrected chi connectivity index (χ4v) is 2.27. The molecule has 6 N–H and O–H groups in total. The van der Waals surface area contributed by atoms with E-state index < -0.39 is 0 Å². The maximum atomic E-state index is 5.83. The van der Waals surface area contributed by atoms with Gasteiger partial charge >= 0.3 is 0 Å². The standard InChI is InChI=1S/C14H16N6/c15-14-11(8-17-20-14)13(19-16)7-10-6-5-9-3-1-2-4-12(9)18-10/h1-6,8,13,19H,7,16H2,(H3,15,17,20). The molecule has 1 aromatic carbocycles. The van der Waals surface area contributed by atoms with Gasteiger partial charge in [-0.3, -0.25) is 21.4 Å². The minimum atomic E-state index is -0.123. The second kappa shape index (κ2) is 5.28. The Morgan fingerprint density at radius 2 is 2.05 bits per heavy atom. The second-order valence-corrected chi connectivity index (χ2v) is 4.66. The molecule has 0 saturated carbocycles. The maximum Gasteiger partial charge on any atom is 0.123 e. The molecule has 0 radical (unpaired) electrons. The Bertz CT molecular complexity index is 720. The number of fused-ring (bicyclic) bond motifs is 1. The third kappa shape index (κ3) is 2.34. The molecular weight excluding hydrogens is 252 g/mol. The first-order valence-electron chi connectivity index (χ1n) is 6.37. The van der Waals surface area contributed by atoms with Crippen molar-refractivity contribution in [2.45, 2.75) is 12.5 Å². The molecule has 2 heterocycles. The number of benzene rings is 1. The van der Waals surface area contributed by atoms with Crippen molar-refractivity contribution in [2.75, 3.05) is 5.73 Å². The molecule has 1 atom stereocenters. The second-order valence-electron chi connectivity index (χ2n) is 4.66. The lowest BCUT2D eigenvalue weighted by Crippen LogP contribution is -2.30. The van der Waals surface area contributed by atoms with Crippen LogP contribution in [0.15, 0.2) is 42.6 Å². The van der Waals surface area contributed by atoms with E-state index in [9.17, 15) is 0 Å². The highest BCUT2D eigenvalue weighted by Crippen LogP contribution is 2.21. The maximum absolute atomic E-state index is 5.83. The predicted molar refractivity (Wildman–Crippen MR) is 78.5 cm³/mol. The molecule has 102 valence electrons. The van der Waals surface area contributed by atoms with Gasteiger partial charge in [0.25, 0.3) is 0 Å². The van der Waals surface area contributed by atoms with Crippen molar-refractivity contribution >= 4 is 16.7 Å². The van der Waals surface area contributed by atoms with Crippen LogP contribution in [0.3, 0.4) is 0 Å². The summed E-state index contributed by atoms with van der Waals surface area (Å²) in [4.78, 5) is 4.64. The molecule has 0 fully saturated rings. The number of hydrogen-bond donors (Lipinski definition) is 4. The lowest BCUT2D eigenvalue weighted by atomic mass is 10.0. The molecule has 0 spiro atoms. The summed E-state index contributed by atoms with van der Waals surface area (Å²) in [6.07, 6.45) is 2.33. The van der Waals surface area contributed by atoms with Crippen LogP contribution in [0.25, 0.3) is 10.9 Å². The lowest BCUT2D eigenvalue weighted by Gasteiger charge is -2.14. The number of para-hydroxylation sites is 1. The van der Waals surface area contributed by atoms with Crippen LogP contribution in [0, 0.1) is 0 Å². The summed E-state index contributed by atoms with van der Waals surface area (Å²) in [6, 6.07) is 12.0. The molecule has 6 heteroatoms. The molecule has 3 aromatic rings. The summed E-state index contributed by atoms with van der Waals surface area (Å²) < 4.78 is 0. The van der Waals surface area contributed by atoms with E-state index in [1.54, 1.807) is 6.20 Å². The van der Waals surface area contributed by atoms with E-state index in [1.807, 2.05) is 30.3 Å². The Balaban J connectivity index is 1.89. The van der Waals surface area contributed by atoms with Crippen LogP contribution >= 0.6 is 0 Å². The summed E-state index contributed by atoms with van der Waals surface area (Å²) in [5.74, 6) is 6.14. The molecule has 3 rings (SSSR count). The smallest absolute Gasteiger partial charge is 0.123 e. The zero-order chi connectivity index (χ0) is 13.9. The number of H-pyrrole nitrogens is 1. The van der Waals surface area contributed by atoms with Crippen molar-refractivity contribution in [1.29, 1.82) is 0 Å². The Morgan fingerprint density at radius 1 is 1.20 bits per heavy atom. The third-order valence-corrected chi connectivity index (χ3v) is 3.35. The monoisotopic (exact) mass is 268 g/mol. The van der Waals surface area contributed by atoms with Crippen molar-refractivity contribution < 1.29 is 0 Å². The summed E-state index contributed by atoms with van der Waals surface area (Å²) >= 11 is 0. The van der Waals surface area contributed by atoms with E-state index in [1.165, 1.54) is 0 Å². The quantitative estimate of drug-likeness (QED) is 0.421. The van der Waals surface area contributed by atoms with Crippen LogP contribution in [0.2, 0.25) is 0 Å². The van der Waals surface area contributed by atoms with Gasteiger partial charge in [-0.1, -0.05) is 24.3 Å². The molecule has 1 unspecified atom stereocenters. The highest BCUT2D eigenvalue weighted by molar-refractivity contribution is 5.78. The normalized spacial score (nSPS) is 12.7. The number of anilines is 1. The predicted octanol–water partition coefficient (Wildman–Crippen LogP) is 1.29. The van der Waals surface area contributed by atoms with Gasteiger partial charge in [-0.15, -0.1) is 0 Å². The van der Waals surface area contributed by atoms with Gasteiger partial charge in [-0.05, 0) is 12.1 Å². The fourth-order valence-electron chi connectivity index (χ4n) is 2.27. The van der Waals surface area contributed by atoms with Gasteiger partial charge in [-0.25, -0.2) is 0 Å². The summed E-state index contributed by atoms with van der Waals surface area (Å²) in [5.41, 5.74) is 11.4. The van der Waals surface area contributed by atoms with Crippen LogP contribution in [-0.2, 0) is 6.42 Å². The van der Waals surface area contributed by atoms with Gasteiger partial charge in [-0.2, -0.15) is 5.10 Å². The number of hydrogen-bond acceptors (Lipinski definition) is 5. The molecule has 20 heavy (non-hydrogen) atoms. The van der Waals surface area contributed by atoms with Gasteiger partial charge < -0.3 is 5.73 Å². The van der Waals surface area contributed by atoms with Crippen LogP contribution in [-0.4, -0.2) is 15.2 Å². The highest BCUT2D eigenvalue weighted by atomic mass is 15.2. The van der Waals surface area contributed by atoms with Crippen molar-refractivity contribution in [3.8, 4) is 0 Å². The van der Waals surface area contributed by atoms with E-state index in [2.05, 4.69) is 26.7 Å². The number of pyridine rings is 1. The van der Waals surface area contributed by atoms with Gasteiger partial charge in [0.15, 0.2) is 0 Å². The Kier molecular flexibility index (Phi) is 3.32. The number of nitrogens with zero attached hydrogens (tertiary/aromatic N) is 2. The van der Waals surface area contributed by atoms with E-state index in [0.717, 1.165) is 22.2 Å². The number of hydrazine groups is 1. The minimum absolute atomic E-state index is 0.123. The number of nitrogens with two attached hydrogens (primary N) is 2. The van der Waals surface area contributed by atoms with Crippen LogP contribution < -0.4 is 17.0 Å². The molecule has 0 amide bonds. The number of aromatic amines is 1. The van der Waals surface area contributed by atoms with Crippen LogP contribution in [0.1, 0.15) is 17.3 Å². The van der Waals surface area contributed by atoms with Gasteiger partial charge in [0.05, 0.1) is 17.8 Å². The number of nitrogens with one attached hydrogen (secondary N) is 2. The zero-order valence-corrected chi connectivity index (χ0v) is 10.9. The minimum Gasteiger partial charge on any atom is -0.384 e. The molecular formula is C14H16N6. The molecule has 0 bridgehead atoms. The SMILES string of the molecule is NNC(Cc1ccc2ccccc2n1)c1cn[nH]c1N. The summed E-state index contributed by atoms with van der Waals surface area (Å²) in [7, 11) is 0. The van der Waals surface area contributed by atoms with Crippen molar-refractivity contribution in [3.63, 3.8) is 0 Å². The molecule has 0 saturated heterocycles. The highest BCUT2D eigenvalue weighted by Gasteiger charge is 2.16. The van der Waals surface area contributed by atoms with E-state index in [0.29, 0.717) is 12.2 Å². The van der Waals surface area contributed by atoms with Crippen LogP contribution in [0.4, 0.5) is 5.82 Å². The first kappa shape index (κ1) is 12.6. The number of rotatable bonds is 4. The Hall–Kier alpha value is -2.44. The Labute approximate surface area is 116 Å². The van der Waals surface area contributed by atoms with E-state index in [-0.39, 0.29) is 6.04 Å². The lowest BCUT2D eigenvalue weighted by molar-refractivity contribution is 0.548.